The number of anilines is 1. The van der Waals surface area contributed by atoms with Crippen molar-refractivity contribution < 1.29 is 23.5 Å². The van der Waals surface area contributed by atoms with Crippen molar-refractivity contribution in [3.63, 3.8) is 0 Å². The first kappa shape index (κ1) is 19.8. The van der Waals surface area contributed by atoms with Gasteiger partial charge in [0.25, 0.3) is 5.91 Å². The summed E-state index contributed by atoms with van der Waals surface area (Å²) in [6.07, 6.45) is 1.48. The Kier molecular flexibility index (Phi) is 6.56. The quantitative estimate of drug-likeness (QED) is 0.543. The van der Waals surface area contributed by atoms with E-state index in [-0.39, 0.29) is 24.5 Å². The molecule has 8 nitrogen and oxygen atoms in total. The number of hydrogen-bond donors (Lipinski definition) is 2. The van der Waals surface area contributed by atoms with Gasteiger partial charge in [-0.05, 0) is 23.6 Å². The number of furan rings is 1. The molecule has 1 atom stereocenters. The summed E-state index contributed by atoms with van der Waals surface area (Å²) in [6.45, 7) is 0. The Morgan fingerprint density at radius 1 is 1.25 bits per heavy atom. The summed E-state index contributed by atoms with van der Waals surface area (Å²) in [5.41, 5.74) is 0.514. The standard InChI is InChI=1S/C18H17N3O5S2/c1-25-16(23)9-12(14-5-3-7-27-14)20-15(22)8-11-10-28-18(19-11)21-17(24)13-4-2-6-26-13/h2-7,10,12H,8-9H2,1H3,(H,20,22)(H,19,21,24). The maximum Gasteiger partial charge on any atom is 0.307 e. The largest absolute Gasteiger partial charge is 0.469 e. The molecule has 0 aliphatic rings. The molecular weight excluding hydrogens is 402 g/mol. The summed E-state index contributed by atoms with van der Waals surface area (Å²) in [5, 5.41) is 9.39. The van der Waals surface area contributed by atoms with Gasteiger partial charge in [0.2, 0.25) is 5.91 Å². The number of carbonyl (C=O) groups excluding carboxylic acids is 3. The number of esters is 1. The van der Waals surface area contributed by atoms with Gasteiger partial charge in [-0.3, -0.25) is 19.7 Å². The van der Waals surface area contributed by atoms with Crippen molar-refractivity contribution >= 4 is 45.6 Å². The molecule has 0 aliphatic heterocycles. The van der Waals surface area contributed by atoms with Gasteiger partial charge in [-0.25, -0.2) is 4.98 Å². The Morgan fingerprint density at radius 2 is 2.11 bits per heavy atom. The molecule has 1 unspecified atom stereocenters. The molecule has 146 valence electrons. The van der Waals surface area contributed by atoms with Crippen LogP contribution in [0.15, 0.2) is 45.7 Å². The minimum absolute atomic E-state index is 0.0240. The second kappa shape index (κ2) is 9.29. The Balaban J connectivity index is 1.58. The lowest BCUT2D eigenvalue weighted by Crippen LogP contribution is -2.31. The third-order valence-electron chi connectivity index (χ3n) is 3.68. The van der Waals surface area contributed by atoms with E-state index >= 15 is 0 Å². The summed E-state index contributed by atoms with van der Waals surface area (Å²) < 4.78 is 9.73. The van der Waals surface area contributed by atoms with Gasteiger partial charge in [0.15, 0.2) is 10.9 Å². The van der Waals surface area contributed by atoms with E-state index in [1.165, 1.54) is 36.0 Å². The Hall–Kier alpha value is -2.98. The van der Waals surface area contributed by atoms with Gasteiger partial charge in [0, 0.05) is 10.3 Å². The van der Waals surface area contributed by atoms with Crippen molar-refractivity contribution in [3.05, 3.63) is 57.6 Å². The molecule has 0 radical (unpaired) electrons. The number of methoxy groups -OCH3 is 1. The van der Waals surface area contributed by atoms with Gasteiger partial charge in [-0.1, -0.05) is 6.07 Å². The average molecular weight is 419 g/mol. The molecule has 0 spiro atoms. The molecule has 0 bridgehead atoms. The summed E-state index contributed by atoms with van der Waals surface area (Å²) in [7, 11) is 1.31. The van der Waals surface area contributed by atoms with Crippen LogP contribution in [0.3, 0.4) is 0 Å². The second-order valence-electron chi connectivity index (χ2n) is 5.67. The van der Waals surface area contributed by atoms with Gasteiger partial charge >= 0.3 is 5.97 Å². The first-order valence-corrected chi connectivity index (χ1v) is 10.00. The highest BCUT2D eigenvalue weighted by Gasteiger charge is 2.20. The van der Waals surface area contributed by atoms with E-state index in [2.05, 4.69) is 15.6 Å². The highest BCUT2D eigenvalue weighted by atomic mass is 32.1. The minimum Gasteiger partial charge on any atom is -0.469 e. The van der Waals surface area contributed by atoms with E-state index in [4.69, 9.17) is 9.15 Å². The Bertz CT molecular complexity index is 935. The number of ether oxygens (including phenoxy) is 1. The van der Waals surface area contributed by atoms with Crippen molar-refractivity contribution in [1.82, 2.24) is 10.3 Å². The van der Waals surface area contributed by atoms with Crippen LogP contribution < -0.4 is 10.6 Å². The number of carbonyl (C=O) groups is 3. The Morgan fingerprint density at radius 3 is 2.79 bits per heavy atom. The van der Waals surface area contributed by atoms with Crippen LogP contribution in [0.25, 0.3) is 0 Å². The molecule has 3 aromatic rings. The predicted octanol–water partition coefficient (Wildman–Crippen LogP) is 3.01. The fourth-order valence-electron chi connectivity index (χ4n) is 2.38. The molecule has 2 amide bonds. The van der Waals surface area contributed by atoms with Crippen LogP contribution in [0, 0.1) is 0 Å². The van der Waals surface area contributed by atoms with Crippen molar-refractivity contribution in [2.75, 3.05) is 12.4 Å². The first-order valence-electron chi connectivity index (χ1n) is 8.24. The summed E-state index contributed by atoms with van der Waals surface area (Å²) >= 11 is 2.66. The van der Waals surface area contributed by atoms with Crippen molar-refractivity contribution in [2.24, 2.45) is 0 Å². The molecule has 0 aromatic carbocycles. The topological polar surface area (TPSA) is 111 Å². The number of thiophene rings is 1. The number of hydrogen-bond acceptors (Lipinski definition) is 8. The van der Waals surface area contributed by atoms with E-state index in [9.17, 15) is 14.4 Å². The monoisotopic (exact) mass is 419 g/mol. The molecule has 0 saturated heterocycles. The van der Waals surface area contributed by atoms with E-state index in [0.29, 0.717) is 10.8 Å². The van der Waals surface area contributed by atoms with Gasteiger partial charge in [0.1, 0.15) is 0 Å². The number of nitrogens with one attached hydrogen (secondary N) is 2. The highest BCUT2D eigenvalue weighted by Crippen LogP contribution is 2.23. The highest BCUT2D eigenvalue weighted by molar-refractivity contribution is 7.14. The van der Waals surface area contributed by atoms with Crippen LogP contribution >= 0.6 is 22.7 Å². The van der Waals surface area contributed by atoms with Crippen molar-refractivity contribution in [3.8, 4) is 0 Å². The molecule has 0 saturated carbocycles. The normalized spacial score (nSPS) is 11.6. The SMILES string of the molecule is COC(=O)CC(NC(=O)Cc1csc(NC(=O)c2ccco2)n1)c1cccs1. The minimum atomic E-state index is -0.461. The second-order valence-corrected chi connectivity index (χ2v) is 7.51. The van der Waals surface area contributed by atoms with Crippen LogP contribution in [0.4, 0.5) is 5.13 Å². The van der Waals surface area contributed by atoms with E-state index < -0.39 is 17.9 Å². The van der Waals surface area contributed by atoms with Crippen molar-refractivity contribution in [1.29, 1.82) is 0 Å². The lowest BCUT2D eigenvalue weighted by molar-refractivity contribution is -0.141. The molecule has 3 aromatic heterocycles. The summed E-state index contributed by atoms with van der Waals surface area (Å²) in [6, 6.07) is 6.40. The van der Waals surface area contributed by atoms with Crippen molar-refractivity contribution in [2.45, 2.75) is 18.9 Å². The van der Waals surface area contributed by atoms with Crippen LogP contribution in [-0.4, -0.2) is 29.9 Å². The maximum atomic E-state index is 12.4. The van der Waals surface area contributed by atoms with Crippen LogP contribution in [0.2, 0.25) is 0 Å². The number of rotatable bonds is 8. The summed E-state index contributed by atoms with van der Waals surface area (Å²) in [4.78, 5) is 41.1. The van der Waals surface area contributed by atoms with Gasteiger partial charge in [0.05, 0.1) is 38.0 Å². The Labute approximate surface area is 168 Å². The van der Waals surface area contributed by atoms with Gasteiger partial charge in [-0.2, -0.15) is 0 Å². The molecular formula is C18H17N3O5S2. The van der Waals surface area contributed by atoms with E-state index in [0.717, 1.165) is 4.88 Å². The average Bonchev–Trinajstić information content (AvgIpc) is 3.43. The zero-order chi connectivity index (χ0) is 19.9. The number of amides is 2. The molecule has 3 heterocycles. The van der Waals surface area contributed by atoms with Crippen LogP contribution in [0.5, 0.6) is 0 Å². The molecule has 0 aliphatic carbocycles. The molecule has 3 rings (SSSR count). The molecule has 2 N–H and O–H groups in total. The van der Waals surface area contributed by atoms with Crippen LogP contribution in [0.1, 0.15) is 33.6 Å². The van der Waals surface area contributed by atoms with E-state index in [1.54, 1.807) is 17.5 Å². The number of nitrogens with zero attached hydrogens (tertiary/aromatic N) is 1. The van der Waals surface area contributed by atoms with E-state index in [1.807, 2.05) is 17.5 Å². The molecule has 28 heavy (non-hydrogen) atoms. The predicted molar refractivity (Wildman–Crippen MR) is 104 cm³/mol. The fourth-order valence-corrected chi connectivity index (χ4v) is 3.87. The first-order chi connectivity index (χ1) is 13.5. The zero-order valence-corrected chi connectivity index (χ0v) is 16.5. The zero-order valence-electron chi connectivity index (χ0n) is 14.8. The molecule has 10 heteroatoms. The van der Waals surface area contributed by atoms with Gasteiger partial charge < -0.3 is 14.5 Å². The summed E-state index contributed by atoms with van der Waals surface area (Å²) in [5.74, 6) is -0.922. The smallest absolute Gasteiger partial charge is 0.307 e. The lowest BCUT2D eigenvalue weighted by atomic mass is 10.1. The fraction of sp³-hybridized carbons (Fsp3) is 0.222. The lowest BCUT2D eigenvalue weighted by Gasteiger charge is -2.16. The van der Waals surface area contributed by atoms with Crippen LogP contribution in [-0.2, 0) is 20.7 Å². The molecule has 0 fully saturated rings. The van der Waals surface area contributed by atoms with Gasteiger partial charge in [-0.15, -0.1) is 22.7 Å². The maximum absolute atomic E-state index is 12.4. The number of thiazole rings is 1. The number of aromatic nitrogens is 1. The third-order valence-corrected chi connectivity index (χ3v) is 5.47. The third kappa shape index (κ3) is 5.27.